The van der Waals surface area contributed by atoms with Crippen LogP contribution < -0.4 is 10.6 Å². The molecule has 586 valence electrons. The van der Waals surface area contributed by atoms with Crippen LogP contribution in [0.1, 0.15) is 53.4 Å². The van der Waals surface area contributed by atoms with E-state index in [0.29, 0.717) is 24.8 Å². The number of ether oxygens (including phenoxy) is 5. The fourth-order valence-corrected chi connectivity index (χ4v) is 16.8. The summed E-state index contributed by atoms with van der Waals surface area (Å²) in [6, 6.07) is 0. The Hall–Kier alpha value is -7.16. The zero-order valence-corrected chi connectivity index (χ0v) is 61.6. The number of hydrogen-bond donors (Lipinski definition) is 10. The van der Waals surface area contributed by atoms with Crippen molar-refractivity contribution in [1.82, 2.24) is 30.2 Å². The molecule has 8 bridgehead atoms. The number of rotatable bonds is 32. The minimum absolute atomic E-state index is 0.00413. The van der Waals surface area contributed by atoms with E-state index in [1.807, 2.05) is 13.8 Å². The zero-order valence-electron chi connectivity index (χ0n) is 58.0. The van der Waals surface area contributed by atoms with E-state index in [0.717, 1.165) is 31.8 Å². The highest BCUT2D eigenvalue weighted by Gasteiger charge is 2.75. The van der Waals surface area contributed by atoms with Crippen LogP contribution in [-0.2, 0) is 118 Å². The number of ketones is 1. The summed E-state index contributed by atoms with van der Waals surface area (Å²) in [4.78, 5) is 223. The van der Waals surface area contributed by atoms with Crippen molar-refractivity contribution in [2.45, 2.75) is 99.7 Å². The molecule has 39 nitrogen and oxygen atoms in total. The fourth-order valence-electron chi connectivity index (χ4n) is 15.4. The molecule has 0 aromatic heterocycles. The van der Waals surface area contributed by atoms with E-state index < -0.39 is 211 Å². The Labute approximate surface area is 610 Å². The molecule has 8 fully saturated rings. The van der Waals surface area contributed by atoms with Crippen molar-refractivity contribution >= 4 is 102 Å². The number of likely N-dealkylation sites (tertiary alicyclic amines) is 4. The molecule has 12 aliphatic rings. The first-order valence-electron chi connectivity index (χ1n) is 33.3. The molecule has 12 rings (SSSR count). The topological polar surface area (TPSA) is 555 Å². The molecule has 12 aliphatic heterocycles. The second-order valence-electron chi connectivity index (χ2n) is 27.3. The summed E-state index contributed by atoms with van der Waals surface area (Å²) < 4.78 is 89.8. The average molecular weight is 1590 g/mol. The molecule has 0 aromatic rings. The first-order valence-corrected chi connectivity index (χ1v) is 39.4. The van der Waals surface area contributed by atoms with Crippen LogP contribution in [0.5, 0.6) is 0 Å². The summed E-state index contributed by atoms with van der Waals surface area (Å²) in [5.74, 6) is -11.6. The predicted molar refractivity (Wildman–Crippen MR) is 358 cm³/mol. The summed E-state index contributed by atoms with van der Waals surface area (Å²) in [5.41, 5.74) is -5.25. The van der Waals surface area contributed by atoms with Crippen LogP contribution in [-0.4, -0.2) is 248 Å². The summed E-state index contributed by atoms with van der Waals surface area (Å²) in [5, 5.41) is 5.21. The third kappa shape index (κ3) is 17.1. The van der Waals surface area contributed by atoms with Crippen LogP contribution in [0.15, 0.2) is 98.2 Å². The molecule has 0 aliphatic carbocycles. The van der Waals surface area contributed by atoms with Crippen molar-refractivity contribution in [3.63, 3.8) is 0 Å². The molecule has 16 atom stereocenters. The van der Waals surface area contributed by atoms with Gasteiger partial charge in [0, 0.05) is 25.1 Å². The molecule has 0 aromatic carbocycles. The Morgan fingerprint density at radius 2 is 0.860 bits per heavy atom. The monoisotopic (exact) mass is 1590 g/mol. The number of imide groups is 4. The number of phosphoric acid groups is 4. The van der Waals surface area contributed by atoms with Gasteiger partial charge in [-0.25, -0.2) is 23.1 Å². The van der Waals surface area contributed by atoms with Gasteiger partial charge in [0.25, 0.3) is 0 Å². The second kappa shape index (κ2) is 31.7. The Balaban J connectivity index is 0.000000165. The number of nitrogens with zero attached hydrogens (tertiary/aromatic N) is 4. The van der Waals surface area contributed by atoms with Crippen LogP contribution in [0, 0.1) is 53.3 Å². The molecule has 0 saturated carbocycles. The molecule has 8 saturated heterocycles. The average Bonchev–Trinajstić information content (AvgIpc) is 1.52. The third-order valence-corrected chi connectivity index (χ3v) is 22.1. The van der Waals surface area contributed by atoms with Gasteiger partial charge in [-0.1, -0.05) is 88.8 Å². The lowest BCUT2D eigenvalue weighted by Crippen LogP contribution is -2.49. The Morgan fingerprint density at radius 3 is 1.27 bits per heavy atom. The summed E-state index contributed by atoms with van der Waals surface area (Å²) in [7, 11) is -18.9. The molecule has 10 amide bonds. The van der Waals surface area contributed by atoms with Crippen molar-refractivity contribution in [2.75, 3.05) is 72.3 Å². The lowest BCUT2D eigenvalue weighted by Gasteiger charge is -2.33. The van der Waals surface area contributed by atoms with Gasteiger partial charge in [-0.3, -0.25) is 90.4 Å². The van der Waals surface area contributed by atoms with Crippen LogP contribution in [0.4, 0.5) is 0 Å². The number of amides is 10. The van der Waals surface area contributed by atoms with Gasteiger partial charge >= 0.3 is 37.3 Å². The molecular formula is C64H82N6O33P4. The third-order valence-electron chi connectivity index (χ3n) is 20.2. The highest BCUT2D eigenvalue weighted by Crippen LogP contribution is 2.61. The quantitative estimate of drug-likeness (QED) is 0.00971. The Morgan fingerprint density at radius 1 is 0.486 bits per heavy atom. The predicted octanol–water partition coefficient (Wildman–Crippen LogP) is -0.927. The highest BCUT2D eigenvalue weighted by atomic mass is 31.2. The first-order chi connectivity index (χ1) is 49.8. The lowest BCUT2D eigenvalue weighted by molar-refractivity contribution is -0.151. The van der Waals surface area contributed by atoms with E-state index in [4.69, 9.17) is 62.8 Å². The molecule has 107 heavy (non-hydrogen) atoms. The van der Waals surface area contributed by atoms with E-state index in [-0.39, 0.29) is 75.5 Å². The van der Waals surface area contributed by atoms with Crippen molar-refractivity contribution in [2.24, 2.45) is 53.3 Å². The number of fused-ring (bicyclic) bond motifs is 20. The van der Waals surface area contributed by atoms with Gasteiger partial charge in [-0.05, 0) is 56.8 Å². The van der Waals surface area contributed by atoms with Gasteiger partial charge in [0.15, 0.2) is 5.78 Å². The molecule has 16 unspecified atom stereocenters. The van der Waals surface area contributed by atoms with Gasteiger partial charge < -0.3 is 73.5 Å². The lowest BCUT2D eigenvalue weighted by atomic mass is 9.68. The number of nitrogens with one attached hydrogen (secondary N) is 2. The Bertz CT molecular complexity index is 3950. The van der Waals surface area contributed by atoms with Gasteiger partial charge in [0.2, 0.25) is 59.1 Å². The Kier molecular flexibility index (Phi) is 24.8. The molecule has 12 heterocycles. The summed E-state index contributed by atoms with van der Waals surface area (Å²) in [6.45, 7) is 18.4. The number of esters is 1. The van der Waals surface area contributed by atoms with Crippen molar-refractivity contribution in [3.05, 3.63) is 98.2 Å². The molecular weight excluding hydrogens is 1500 g/mol. The van der Waals surface area contributed by atoms with Crippen LogP contribution in [0.3, 0.4) is 0 Å². The molecule has 0 spiro atoms. The number of unbranched alkanes of at least 4 members (excludes halogenated alkanes) is 1. The van der Waals surface area contributed by atoms with Crippen molar-refractivity contribution in [1.29, 1.82) is 0 Å². The number of allylic oxidation sites excluding steroid dienone is 1. The second-order valence-corrected chi connectivity index (χ2v) is 32.3. The molecule has 43 heteroatoms. The maximum Gasteiger partial charge on any atom is 0.469 e. The van der Waals surface area contributed by atoms with E-state index >= 15 is 0 Å². The number of Topliss-reactive ketones (excluding diaryl/α,β-unsaturated/α-hetero) is 1. The van der Waals surface area contributed by atoms with Gasteiger partial charge in [-0.15, -0.1) is 0 Å². The normalized spacial score (nSPS) is 32.5. The van der Waals surface area contributed by atoms with Gasteiger partial charge in [0.1, 0.15) is 28.0 Å². The highest BCUT2D eigenvalue weighted by molar-refractivity contribution is 7.47. The SMILES string of the molecule is C=C(C)C(=O)CCCCN1C(=O)C2C3C=CC(COP(=O)(O)O)(O3)C2C1=O.C=C(C)C(=O)OCCCN1C(=O)C2C3C=CC(COP(=O)(O)O)(O3)C2C1=O.C=CC(=O)NCC12C=CC(C(C)C)(O1)C1C(=O)N(CCOP(=O)(O)O)C(=O)C12.C=CC(=O)NCC12C=CC(O1)C1C(=O)N(CCOP(=O)(O)O)C(=O)C12. The van der Waals surface area contributed by atoms with Gasteiger partial charge in [-0.2, -0.15) is 0 Å². The minimum Gasteiger partial charge on any atom is -0.462 e. The van der Waals surface area contributed by atoms with E-state index in [1.165, 1.54) is 13.0 Å². The number of carbonyl (C=O) groups is 12. The number of hydrogen-bond acceptors (Lipinski definition) is 25. The maximum atomic E-state index is 13.0. The largest absolute Gasteiger partial charge is 0.469 e. The van der Waals surface area contributed by atoms with Crippen LogP contribution >= 0.6 is 31.3 Å². The van der Waals surface area contributed by atoms with Crippen molar-refractivity contribution in [3.8, 4) is 0 Å². The number of carbonyl (C=O) groups excluding carboxylic acids is 12. The van der Waals surface area contributed by atoms with Crippen LogP contribution in [0.25, 0.3) is 0 Å². The summed E-state index contributed by atoms with van der Waals surface area (Å²) in [6.07, 6.45) is 15.1. The minimum atomic E-state index is -4.76. The van der Waals surface area contributed by atoms with Crippen molar-refractivity contribution < 1.29 is 157 Å². The fraction of sp³-hybridized carbons (Fsp3) is 0.562. The smallest absolute Gasteiger partial charge is 0.462 e. The summed E-state index contributed by atoms with van der Waals surface area (Å²) >= 11 is 0. The zero-order chi connectivity index (χ0) is 79.3. The maximum absolute atomic E-state index is 13.0. The van der Waals surface area contributed by atoms with Crippen LogP contribution in [0.2, 0.25) is 0 Å². The van der Waals surface area contributed by atoms with Gasteiger partial charge in [0.05, 0.1) is 125 Å². The van der Waals surface area contributed by atoms with E-state index in [1.54, 1.807) is 49.5 Å². The molecule has 0 radical (unpaired) electrons. The first kappa shape index (κ1) is 83.9. The van der Waals surface area contributed by atoms with E-state index in [9.17, 15) is 75.8 Å². The standard InChI is InChI=1S/C17H23N2O8P.C17H22NO8P.C16H20NO9P.C14H17N2O8P/c1-4-11(20)18-9-16-5-6-17(27-16,10(2)3)13-12(16)14(21)19(15(13)22)7-8-26-28(23,24)25;1-10(2)11(19)5-3-4-8-18-15(20)13-12-6-7-17(26-12,14(13)16(18)21)9-25-27(22,23)24;1-9(2)15(20)24-7-3-6-17-13(18)11-10-4-5-16(26-10,12(11)14(17)19)8-25-27(21,22)23;1-2-9(17)15-7-14-4-3-8(24-14)10-11(14)13(19)16(12(10)18)5-6-23-25(20,21)22/h4-6,10,12-13H,1,7-9H2,2-3H3,(H,18,20)(H2,23,24,25);6-7,12-14H,1,3-5,8-9H2,2H3,(H2,22,23,24);4-5,10-12H,1,3,6-8H2,2H3,(H2,21,22,23);2-4,8,10-11H,1,5-7H2,(H,15,17)(H2,20,21,22). The molecule has 10 N–H and O–H groups in total. The number of phosphoric ester groups is 4. The van der Waals surface area contributed by atoms with E-state index in [2.05, 4.69) is 55.0 Å².